The van der Waals surface area contributed by atoms with E-state index >= 15 is 0 Å². The third-order valence-electron chi connectivity index (χ3n) is 4.87. The number of benzene rings is 1. The summed E-state index contributed by atoms with van der Waals surface area (Å²) in [6.45, 7) is 10.3. The zero-order chi connectivity index (χ0) is 22.5. The first-order valence-electron chi connectivity index (χ1n) is 10.4. The number of nitrogens with one attached hydrogen (secondary N) is 1. The largest absolute Gasteiger partial charge is 0.462 e. The summed E-state index contributed by atoms with van der Waals surface area (Å²) in [5.41, 5.74) is 4.17. The van der Waals surface area contributed by atoms with Gasteiger partial charge in [0.15, 0.2) is 11.6 Å². The third-order valence-corrected chi connectivity index (χ3v) is 4.87. The summed E-state index contributed by atoms with van der Waals surface area (Å²) in [6.07, 6.45) is 2.35. The van der Waals surface area contributed by atoms with Gasteiger partial charge in [0.05, 0.1) is 24.9 Å². The van der Waals surface area contributed by atoms with E-state index in [9.17, 15) is 9.59 Å². The van der Waals surface area contributed by atoms with Crippen LogP contribution in [0.3, 0.4) is 0 Å². The molecule has 0 fully saturated rings. The van der Waals surface area contributed by atoms with E-state index in [0.717, 1.165) is 40.4 Å². The van der Waals surface area contributed by atoms with E-state index in [2.05, 4.69) is 22.5 Å². The van der Waals surface area contributed by atoms with Gasteiger partial charge in [-0.3, -0.25) is 5.32 Å². The van der Waals surface area contributed by atoms with Crippen molar-refractivity contribution in [1.82, 2.24) is 14.8 Å². The lowest BCUT2D eigenvalue weighted by molar-refractivity contribution is 0.0527. The highest BCUT2D eigenvalue weighted by Gasteiger charge is 2.23. The number of amides is 1. The number of carbonyl (C=O) groups excluding carboxylic acids is 2. The van der Waals surface area contributed by atoms with Gasteiger partial charge in [0.25, 0.3) is 0 Å². The van der Waals surface area contributed by atoms with Crippen LogP contribution in [0.25, 0.3) is 16.7 Å². The lowest BCUT2D eigenvalue weighted by Gasteiger charge is -2.13. The molecule has 8 nitrogen and oxygen atoms in total. The fraction of sp³-hybridized carbons (Fsp3) is 0.391. The predicted octanol–water partition coefficient (Wildman–Crippen LogP) is 4.87. The van der Waals surface area contributed by atoms with Gasteiger partial charge < -0.3 is 9.47 Å². The number of fused-ring (bicyclic) bond motifs is 1. The van der Waals surface area contributed by atoms with Crippen molar-refractivity contribution in [3.8, 4) is 5.82 Å². The van der Waals surface area contributed by atoms with E-state index in [1.54, 1.807) is 6.92 Å². The molecule has 3 aromatic rings. The van der Waals surface area contributed by atoms with Crippen molar-refractivity contribution in [2.75, 3.05) is 18.5 Å². The van der Waals surface area contributed by atoms with Crippen molar-refractivity contribution in [3.63, 3.8) is 0 Å². The lowest BCUT2D eigenvalue weighted by Crippen LogP contribution is -2.19. The Kier molecular flexibility index (Phi) is 6.89. The summed E-state index contributed by atoms with van der Waals surface area (Å²) in [7, 11) is 0. The Hall–Kier alpha value is -3.42. The van der Waals surface area contributed by atoms with Crippen molar-refractivity contribution < 1.29 is 19.1 Å². The first-order valence-corrected chi connectivity index (χ1v) is 10.4. The molecule has 0 aliphatic carbocycles. The molecule has 0 spiro atoms. The molecule has 164 valence electrons. The highest BCUT2D eigenvalue weighted by Crippen LogP contribution is 2.27. The van der Waals surface area contributed by atoms with Crippen LogP contribution in [0.1, 0.15) is 53.7 Å². The first kappa shape index (κ1) is 22.3. The standard InChI is InChI=1S/C23H28N4O4/c1-6-8-9-31-23(29)26-21-18(22(28)30-7-2)13-24-27(21)19-12-15(4)17-11-14(3)10-16(5)20(17)25-19/h10-13H,6-9H2,1-5H3,(H,26,29). The van der Waals surface area contributed by atoms with E-state index in [1.807, 2.05) is 33.8 Å². The van der Waals surface area contributed by atoms with E-state index in [1.165, 1.54) is 10.9 Å². The molecule has 2 heterocycles. The Morgan fingerprint density at radius 1 is 1.06 bits per heavy atom. The SMILES string of the molecule is CCCCOC(=O)Nc1c(C(=O)OCC)cnn1-c1cc(C)c2cc(C)cc(C)c2n1. The van der Waals surface area contributed by atoms with Crippen LogP contribution in [0.2, 0.25) is 0 Å². The van der Waals surface area contributed by atoms with Gasteiger partial charge in [-0.05, 0) is 57.4 Å². The number of anilines is 1. The van der Waals surface area contributed by atoms with E-state index < -0.39 is 12.1 Å². The van der Waals surface area contributed by atoms with Gasteiger partial charge in [-0.2, -0.15) is 9.78 Å². The molecule has 0 bridgehead atoms. The predicted molar refractivity (Wildman–Crippen MR) is 119 cm³/mol. The molecule has 8 heteroatoms. The number of carbonyl (C=O) groups is 2. The van der Waals surface area contributed by atoms with Crippen LogP contribution < -0.4 is 5.32 Å². The second kappa shape index (κ2) is 9.59. The minimum absolute atomic E-state index is 0.134. The molecule has 0 saturated carbocycles. The molecule has 0 aliphatic heterocycles. The van der Waals surface area contributed by atoms with Crippen LogP contribution in [-0.2, 0) is 9.47 Å². The Morgan fingerprint density at radius 2 is 1.84 bits per heavy atom. The van der Waals surface area contributed by atoms with Gasteiger partial charge in [-0.1, -0.05) is 25.0 Å². The summed E-state index contributed by atoms with van der Waals surface area (Å²) in [6, 6.07) is 6.03. The number of ether oxygens (including phenoxy) is 2. The van der Waals surface area contributed by atoms with Crippen molar-refractivity contribution in [2.24, 2.45) is 0 Å². The first-order chi connectivity index (χ1) is 14.8. The number of unbranched alkanes of at least 4 members (excludes halogenated alkanes) is 1. The fourth-order valence-corrected chi connectivity index (χ4v) is 3.38. The van der Waals surface area contributed by atoms with Crippen molar-refractivity contribution in [3.05, 3.63) is 46.6 Å². The molecule has 2 aromatic heterocycles. The number of esters is 1. The number of pyridine rings is 1. The van der Waals surface area contributed by atoms with E-state index in [0.29, 0.717) is 5.82 Å². The van der Waals surface area contributed by atoms with Gasteiger partial charge in [0.1, 0.15) is 5.56 Å². The Bertz CT molecular complexity index is 1120. The van der Waals surface area contributed by atoms with Crippen LogP contribution in [0.4, 0.5) is 10.6 Å². The maximum absolute atomic E-state index is 12.4. The summed E-state index contributed by atoms with van der Waals surface area (Å²) in [5.74, 6) is 0.0641. The number of rotatable bonds is 7. The average molecular weight is 425 g/mol. The number of aryl methyl sites for hydroxylation is 3. The molecule has 1 N–H and O–H groups in total. The van der Waals surface area contributed by atoms with Crippen LogP contribution in [0, 0.1) is 20.8 Å². The molecule has 1 amide bonds. The topological polar surface area (TPSA) is 95.3 Å². The molecular formula is C23H28N4O4. The van der Waals surface area contributed by atoms with Gasteiger partial charge >= 0.3 is 12.1 Å². The number of nitrogens with zero attached hydrogens (tertiary/aromatic N) is 3. The summed E-state index contributed by atoms with van der Waals surface area (Å²) in [5, 5.41) is 8.01. The molecule has 0 aliphatic rings. The van der Waals surface area contributed by atoms with Gasteiger partial charge in [-0.15, -0.1) is 0 Å². The molecule has 0 atom stereocenters. The number of aromatic nitrogens is 3. The second-order valence-corrected chi connectivity index (χ2v) is 7.43. The molecule has 0 radical (unpaired) electrons. The lowest BCUT2D eigenvalue weighted by atomic mass is 10.0. The van der Waals surface area contributed by atoms with Crippen LogP contribution in [0.15, 0.2) is 24.4 Å². The zero-order valence-electron chi connectivity index (χ0n) is 18.6. The van der Waals surface area contributed by atoms with Gasteiger partial charge in [0, 0.05) is 5.39 Å². The summed E-state index contributed by atoms with van der Waals surface area (Å²) >= 11 is 0. The van der Waals surface area contributed by atoms with Crippen LogP contribution in [-0.4, -0.2) is 40.0 Å². The van der Waals surface area contributed by atoms with Crippen molar-refractivity contribution in [2.45, 2.75) is 47.5 Å². The highest BCUT2D eigenvalue weighted by atomic mass is 16.5. The third kappa shape index (κ3) is 4.84. The van der Waals surface area contributed by atoms with Crippen LogP contribution >= 0.6 is 0 Å². The highest BCUT2D eigenvalue weighted by molar-refractivity contribution is 5.99. The maximum atomic E-state index is 12.4. The second-order valence-electron chi connectivity index (χ2n) is 7.43. The summed E-state index contributed by atoms with van der Waals surface area (Å²) < 4.78 is 11.8. The Balaban J connectivity index is 2.08. The smallest absolute Gasteiger partial charge is 0.412 e. The van der Waals surface area contributed by atoms with E-state index in [4.69, 9.17) is 14.5 Å². The minimum atomic E-state index is -0.662. The molecular weight excluding hydrogens is 396 g/mol. The molecule has 3 rings (SSSR count). The monoisotopic (exact) mass is 424 g/mol. The molecule has 31 heavy (non-hydrogen) atoms. The maximum Gasteiger partial charge on any atom is 0.412 e. The summed E-state index contributed by atoms with van der Waals surface area (Å²) in [4.78, 5) is 29.5. The Labute approximate surface area is 181 Å². The number of hydrogen-bond acceptors (Lipinski definition) is 6. The van der Waals surface area contributed by atoms with Crippen LogP contribution in [0.5, 0.6) is 0 Å². The Morgan fingerprint density at radius 3 is 2.55 bits per heavy atom. The minimum Gasteiger partial charge on any atom is -0.462 e. The zero-order valence-corrected chi connectivity index (χ0v) is 18.6. The van der Waals surface area contributed by atoms with Crippen molar-refractivity contribution in [1.29, 1.82) is 0 Å². The molecule has 0 unspecified atom stereocenters. The normalized spacial score (nSPS) is 10.9. The molecule has 0 saturated heterocycles. The molecule has 1 aromatic carbocycles. The fourth-order valence-electron chi connectivity index (χ4n) is 3.38. The average Bonchev–Trinajstić information content (AvgIpc) is 3.12. The number of hydrogen-bond donors (Lipinski definition) is 1. The van der Waals surface area contributed by atoms with Gasteiger partial charge in [-0.25, -0.2) is 14.6 Å². The quantitative estimate of drug-likeness (QED) is 0.429. The van der Waals surface area contributed by atoms with E-state index in [-0.39, 0.29) is 24.6 Å². The van der Waals surface area contributed by atoms with Crippen molar-refractivity contribution >= 4 is 28.8 Å². The van der Waals surface area contributed by atoms with Gasteiger partial charge in [0.2, 0.25) is 0 Å².